The molecule has 2 aromatic rings. The lowest BCUT2D eigenvalue weighted by Crippen LogP contribution is -2.30. The molecule has 3 nitrogen and oxygen atoms in total. The molecule has 0 aliphatic rings. The van der Waals surface area contributed by atoms with Crippen LogP contribution in [0.2, 0.25) is 0 Å². The number of benzene rings is 2. The maximum Gasteiger partial charge on any atom is 0.328 e. The Balaban J connectivity index is 2.14. The highest BCUT2D eigenvalue weighted by atomic mass is 16.4. The maximum absolute atomic E-state index is 10.7. The Kier molecular flexibility index (Phi) is 5.92. The quantitative estimate of drug-likeness (QED) is 0.791. The molecule has 0 amide bonds. The van der Waals surface area contributed by atoms with Crippen LogP contribution < -0.4 is 0 Å². The Morgan fingerprint density at radius 3 is 1.86 bits per heavy atom. The summed E-state index contributed by atoms with van der Waals surface area (Å²) in [5, 5.41) is 8.82. The first-order chi connectivity index (χ1) is 10.6. The van der Waals surface area contributed by atoms with Gasteiger partial charge in [-0.1, -0.05) is 66.7 Å². The van der Waals surface area contributed by atoms with Gasteiger partial charge in [-0.2, -0.15) is 0 Å². The average molecular weight is 295 g/mol. The van der Waals surface area contributed by atoms with Crippen LogP contribution in [0.3, 0.4) is 0 Å². The van der Waals surface area contributed by atoms with Crippen molar-refractivity contribution in [2.75, 3.05) is 0 Å². The van der Waals surface area contributed by atoms with Crippen molar-refractivity contribution in [3.63, 3.8) is 0 Å². The first-order valence-corrected chi connectivity index (χ1v) is 7.38. The summed E-state index contributed by atoms with van der Waals surface area (Å²) in [7, 11) is 0. The Bertz CT molecular complexity index is 566. The topological polar surface area (TPSA) is 40.5 Å². The average Bonchev–Trinajstić information content (AvgIpc) is 2.54. The molecule has 0 saturated heterocycles. The van der Waals surface area contributed by atoms with Crippen LogP contribution in [0.1, 0.15) is 18.1 Å². The molecule has 0 radical (unpaired) electrons. The number of rotatable bonds is 7. The van der Waals surface area contributed by atoms with E-state index in [4.69, 9.17) is 5.11 Å². The van der Waals surface area contributed by atoms with Crippen LogP contribution >= 0.6 is 0 Å². The van der Waals surface area contributed by atoms with Crippen LogP contribution in [-0.2, 0) is 17.9 Å². The molecule has 0 aliphatic heterocycles. The van der Waals surface area contributed by atoms with E-state index in [-0.39, 0.29) is 6.04 Å². The van der Waals surface area contributed by atoms with Gasteiger partial charge in [0.1, 0.15) is 0 Å². The Morgan fingerprint density at radius 2 is 1.45 bits per heavy atom. The van der Waals surface area contributed by atoms with Crippen LogP contribution in [0.5, 0.6) is 0 Å². The smallest absolute Gasteiger partial charge is 0.328 e. The fraction of sp³-hybridized carbons (Fsp3) is 0.211. The van der Waals surface area contributed by atoms with Crippen LogP contribution in [0, 0.1) is 0 Å². The molecule has 22 heavy (non-hydrogen) atoms. The molecule has 0 aliphatic carbocycles. The molecule has 0 aromatic heterocycles. The van der Waals surface area contributed by atoms with Crippen molar-refractivity contribution < 1.29 is 9.90 Å². The maximum atomic E-state index is 10.7. The zero-order valence-electron chi connectivity index (χ0n) is 12.7. The summed E-state index contributed by atoms with van der Waals surface area (Å²) in [6, 6.07) is 20.5. The Hall–Kier alpha value is -2.39. The third-order valence-corrected chi connectivity index (χ3v) is 3.55. The highest BCUT2D eigenvalue weighted by molar-refractivity contribution is 5.79. The predicted molar refractivity (Wildman–Crippen MR) is 88.4 cm³/mol. The number of nitrogens with zero attached hydrogens (tertiary/aromatic N) is 1. The SMILES string of the molecule is C[C@H](C=CC(=O)O)N(Cc1ccccc1)Cc1ccccc1. The number of aliphatic carboxylic acids is 1. The van der Waals surface area contributed by atoms with E-state index in [1.54, 1.807) is 6.08 Å². The van der Waals surface area contributed by atoms with Crippen LogP contribution in [0.4, 0.5) is 0 Å². The summed E-state index contributed by atoms with van der Waals surface area (Å²) in [6.07, 6.45) is 2.95. The summed E-state index contributed by atoms with van der Waals surface area (Å²) in [6.45, 7) is 3.58. The van der Waals surface area contributed by atoms with Gasteiger partial charge in [0.05, 0.1) is 0 Å². The van der Waals surface area contributed by atoms with E-state index in [2.05, 4.69) is 29.2 Å². The third kappa shape index (κ3) is 5.19. The van der Waals surface area contributed by atoms with E-state index in [0.717, 1.165) is 13.1 Å². The first-order valence-electron chi connectivity index (χ1n) is 7.38. The minimum absolute atomic E-state index is 0.0384. The molecule has 0 bridgehead atoms. The van der Waals surface area contributed by atoms with Crippen molar-refractivity contribution in [2.45, 2.75) is 26.1 Å². The van der Waals surface area contributed by atoms with E-state index in [9.17, 15) is 4.79 Å². The Labute approximate surface area is 131 Å². The van der Waals surface area contributed by atoms with Crippen molar-refractivity contribution >= 4 is 5.97 Å². The number of carbonyl (C=O) groups is 1. The molecule has 0 saturated carbocycles. The normalized spacial score (nSPS) is 12.6. The number of hydrogen-bond donors (Lipinski definition) is 1. The highest BCUT2D eigenvalue weighted by Crippen LogP contribution is 2.14. The minimum atomic E-state index is -0.911. The monoisotopic (exact) mass is 295 g/mol. The number of carboxylic acids is 1. The van der Waals surface area contributed by atoms with Crippen molar-refractivity contribution in [3.05, 3.63) is 83.9 Å². The molecule has 0 spiro atoms. The van der Waals surface area contributed by atoms with Gasteiger partial charge in [0.25, 0.3) is 0 Å². The van der Waals surface area contributed by atoms with E-state index >= 15 is 0 Å². The van der Waals surface area contributed by atoms with E-state index in [1.807, 2.05) is 43.3 Å². The summed E-state index contributed by atoms with van der Waals surface area (Å²) < 4.78 is 0. The molecule has 2 rings (SSSR count). The molecule has 2 aromatic carbocycles. The van der Waals surface area contributed by atoms with Gasteiger partial charge in [0.15, 0.2) is 0 Å². The van der Waals surface area contributed by atoms with E-state index in [1.165, 1.54) is 17.2 Å². The van der Waals surface area contributed by atoms with Gasteiger partial charge in [-0.05, 0) is 18.1 Å². The fourth-order valence-corrected chi connectivity index (χ4v) is 2.32. The second-order valence-corrected chi connectivity index (χ2v) is 5.31. The van der Waals surface area contributed by atoms with Crippen molar-refractivity contribution in [1.82, 2.24) is 4.90 Å². The number of carboxylic acid groups (broad SMARTS) is 1. The standard InChI is InChI=1S/C19H21NO2/c1-16(12-13-19(21)22)20(14-17-8-4-2-5-9-17)15-18-10-6-3-7-11-18/h2-13,16H,14-15H2,1H3,(H,21,22)/t16-/m1/s1. The van der Waals surface area contributed by atoms with Crippen molar-refractivity contribution in [1.29, 1.82) is 0 Å². The summed E-state index contributed by atoms with van der Waals surface area (Å²) in [4.78, 5) is 13.0. The molecule has 0 heterocycles. The summed E-state index contributed by atoms with van der Waals surface area (Å²) >= 11 is 0. The number of hydrogen-bond acceptors (Lipinski definition) is 2. The third-order valence-electron chi connectivity index (χ3n) is 3.55. The van der Waals surface area contributed by atoms with E-state index in [0.29, 0.717) is 0 Å². The van der Waals surface area contributed by atoms with Gasteiger partial charge in [0, 0.05) is 25.2 Å². The fourth-order valence-electron chi connectivity index (χ4n) is 2.32. The largest absolute Gasteiger partial charge is 0.478 e. The van der Waals surface area contributed by atoms with Crippen molar-refractivity contribution in [3.8, 4) is 0 Å². The second-order valence-electron chi connectivity index (χ2n) is 5.31. The highest BCUT2D eigenvalue weighted by Gasteiger charge is 2.13. The lowest BCUT2D eigenvalue weighted by molar-refractivity contribution is -0.131. The van der Waals surface area contributed by atoms with Crippen molar-refractivity contribution in [2.24, 2.45) is 0 Å². The molecular weight excluding hydrogens is 274 g/mol. The molecule has 3 heteroatoms. The van der Waals surface area contributed by atoms with Crippen LogP contribution in [0.25, 0.3) is 0 Å². The molecule has 0 fully saturated rings. The van der Waals surface area contributed by atoms with Gasteiger partial charge in [-0.15, -0.1) is 0 Å². The van der Waals surface area contributed by atoms with Gasteiger partial charge in [0.2, 0.25) is 0 Å². The lowest BCUT2D eigenvalue weighted by atomic mass is 10.1. The van der Waals surface area contributed by atoms with Gasteiger partial charge < -0.3 is 5.11 Å². The molecule has 114 valence electrons. The predicted octanol–water partition coefficient (Wildman–Crippen LogP) is 3.72. The molecular formula is C19H21NO2. The minimum Gasteiger partial charge on any atom is -0.478 e. The van der Waals surface area contributed by atoms with Gasteiger partial charge in [-0.3, -0.25) is 4.90 Å². The summed E-state index contributed by atoms with van der Waals surface area (Å²) in [5.41, 5.74) is 2.43. The van der Waals surface area contributed by atoms with Crippen LogP contribution in [-0.4, -0.2) is 22.0 Å². The second kappa shape index (κ2) is 8.15. The molecule has 1 atom stereocenters. The van der Waals surface area contributed by atoms with Gasteiger partial charge >= 0.3 is 5.97 Å². The molecule has 1 N–H and O–H groups in total. The zero-order chi connectivity index (χ0) is 15.8. The zero-order valence-corrected chi connectivity index (χ0v) is 12.7. The van der Waals surface area contributed by atoms with Crippen LogP contribution in [0.15, 0.2) is 72.8 Å². The Morgan fingerprint density at radius 1 is 1.00 bits per heavy atom. The first kappa shape index (κ1) is 16.0. The molecule has 0 unspecified atom stereocenters. The lowest BCUT2D eigenvalue weighted by Gasteiger charge is -2.27. The van der Waals surface area contributed by atoms with E-state index < -0.39 is 5.97 Å². The van der Waals surface area contributed by atoms with Gasteiger partial charge in [-0.25, -0.2) is 4.79 Å². The summed E-state index contributed by atoms with van der Waals surface area (Å²) in [5.74, 6) is -0.911.